The van der Waals surface area contributed by atoms with Gasteiger partial charge in [0, 0.05) is 44.3 Å². The number of hydrogen-bond acceptors (Lipinski definition) is 6. The molecule has 1 aromatic rings. The summed E-state index contributed by atoms with van der Waals surface area (Å²) in [6.45, 7) is 0. The number of carbonyl (C=O) groups excluding carboxylic acids is 2. The molecule has 1 aromatic carbocycles. The molecule has 0 bridgehead atoms. The molecule has 0 atom stereocenters. The number of amides is 2. The smallest absolute Gasteiger partial charge is 0.243 e. The highest BCUT2D eigenvalue weighted by molar-refractivity contribution is 5.86. The van der Waals surface area contributed by atoms with Crippen molar-refractivity contribution in [1.29, 1.82) is 0 Å². The minimum absolute atomic E-state index is 0.0846. The molecule has 8 nitrogen and oxygen atoms in total. The van der Waals surface area contributed by atoms with E-state index in [9.17, 15) is 14.7 Å². The van der Waals surface area contributed by atoms with Crippen molar-refractivity contribution in [1.82, 2.24) is 10.9 Å². The summed E-state index contributed by atoms with van der Waals surface area (Å²) >= 11 is 0. The van der Waals surface area contributed by atoms with Crippen molar-refractivity contribution >= 4 is 23.7 Å². The lowest BCUT2D eigenvalue weighted by Gasteiger charge is -2.12. The molecule has 0 unspecified atom stereocenters. The first kappa shape index (κ1) is 19.4. The second-order valence-electron chi connectivity index (χ2n) is 5.53. The van der Waals surface area contributed by atoms with Crippen LogP contribution < -0.4 is 15.8 Å². The van der Waals surface area contributed by atoms with E-state index in [0.29, 0.717) is 31.2 Å². The van der Waals surface area contributed by atoms with Gasteiger partial charge in [-0.1, -0.05) is 6.42 Å². The van der Waals surface area contributed by atoms with Crippen LogP contribution in [0.5, 0.6) is 5.75 Å². The summed E-state index contributed by atoms with van der Waals surface area (Å²) in [7, 11) is 3.75. The molecular formula is C16H24N4O4. The first-order valence-corrected chi connectivity index (χ1v) is 7.69. The summed E-state index contributed by atoms with van der Waals surface area (Å²) < 4.78 is 0. The number of hydrazone groups is 1. The van der Waals surface area contributed by atoms with Gasteiger partial charge in [0.05, 0.1) is 6.21 Å². The van der Waals surface area contributed by atoms with Gasteiger partial charge in [0.2, 0.25) is 11.8 Å². The molecule has 8 heteroatoms. The zero-order valence-electron chi connectivity index (χ0n) is 14.0. The molecule has 0 fully saturated rings. The highest BCUT2D eigenvalue weighted by atomic mass is 16.5. The normalized spacial score (nSPS) is 10.6. The fraction of sp³-hybridized carbons (Fsp3) is 0.438. The van der Waals surface area contributed by atoms with Crippen LogP contribution in [0.15, 0.2) is 23.3 Å². The average molecular weight is 336 g/mol. The van der Waals surface area contributed by atoms with Gasteiger partial charge in [0.1, 0.15) is 5.75 Å². The Kier molecular flexibility index (Phi) is 8.28. The molecule has 0 aromatic heterocycles. The summed E-state index contributed by atoms with van der Waals surface area (Å²) in [5, 5.41) is 22.0. The number of rotatable bonds is 9. The number of hydrogen-bond donors (Lipinski definition) is 4. The van der Waals surface area contributed by atoms with E-state index in [0.717, 1.165) is 5.69 Å². The summed E-state index contributed by atoms with van der Waals surface area (Å²) in [5.41, 5.74) is 5.33. The van der Waals surface area contributed by atoms with Gasteiger partial charge in [-0.2, -0.15) is 5.10 Å². The molecule has 0 aliphatic carbocycles. The van der Waals surface area contributed by atoms with E-state index < -0.39 is 5.91 Å². The average Bonchev–Trinajstić information content (AvgIpc) is 2.55. The van der Waals surface area contributed by atoms with E-state index in [2.05, 4.69) is 10.5 Å². The molecule has 0 spiro atoms. The topological polar surface area (TPSA) is 114 Å². The van der Waals surface area contributed by atoms with Crippen LogP contribution in [0, 0.1) is 0 Å². The minimum atomic E-state index is -0.427. The highest BCUT2D eigenvalue weighted by Gasteiger charge is 2.04. The number of phenols is 1. The molecule has 0 aliphatic rings. The first-order chi connectivity index (χ1) is 11.4. The molecule has 1 rings (SSSR count). The van der Waals surface area contributed by atoms with Gasteiger partial charge in [-0.15, -0.1) is 0 Å². The van der Waals surface area contributed by atoms with E-state index in [1.165, 1.54) is 6.21 Å². The zero-order chi connectivity index (χ0) is 17.9. The Hall–Kier alpha value is -2.61. The summed E-state index contributed by atoms with van der Waals surface area (Å²) in [6, 6.07) is 5.17. The van der Waals surface area contributed by atoms with Gasteiger partial charge in [-0.25, -0.2) is 10.9 Å². The lowest BCUT2D eigenvalue weighted by Crippen LogP contribution is -2.18. The summed E-state index contributed by atoms with van der Waals surface area (Å²) in [4.78, 5) is 24.3. The third kappa shape index (κ3) is 7.10. The third-order valence-electron chi connectivity index (χ3n) is 3.36. The summed E-state index contributed by atoms with van der Waals surface area (Å²) in [5.74, 6) is -0.576. The largest absolute Gasteiger partial charge is 0.507 e. The Morgan fingerprint density at radius 1 is 1.17 bits per heavy atom. The Bertz CT molecular complexity index is 587. The van der Waals surface area contributed by atoms with Crippen molar-refractivity contribution < 1.29 is 19.9 Å². The highest BCUT2D eigenvalue weighted by Crippen LogP contribution is 2.21. The SMILES string of the molecule is CN(C)c1ccc(/C=N/NC(=O)CCCCCC(=O)NO)c(O)c1. The van der Waals surface area contributed by atoms with Crippen molar-refractivity contribution in [3.05, 3.63) is 23.8 Å². The Morgan fingerprint density at radius 2 is 1.83 bits per heavy atom. The number of anilines is 1. The monoisotopic (exact) mass is 336 g/mol. The maximum absolute atomic E-state index is 11.6. The number of hydroxylamine groups is 1. The molecule has 4 N–H and O–H groups in total. The summed E-state index contributed by atoms with van der Waals surface area (Å²) in [6.07, 6.45) is 3.86. The van der Waals surface area contributed by atoms with Crippen LogP contribution in [-0.2, 0) is 9.59 Å². The van der Waals surface area contributed by atoms with Crippen LogP contribution >= 0.6 is 0 Å². The number of nitrogens with one attached hydrogen (secondary N) is 2. The van der Waals surface area contributed by atoms with Gasteiger partial charge >= 0.3 is 0 Å². The van der Waals surface area contributed by atoms with E-state index in [1.54, 1.807) is 17.6 Å². The number of carbonyl (C=O) groups is 2. The maximum atomic E-state index is 11.6. The Balaban J connectivity index is 2.31. The lowest BCUT2D eigenvalue weighted by molar-refractivity contribution is -0.129. The van der Waals surface area contributed by atoms with Crippen LogP contribution in [0.3, 0.4) is 0 Å². The van der Waals surface area contributed by atoms with E-state index in [4.69, 9.17) is 5.21 Å². The van der Waals surface area contributed by atoms with E-state index >= 15 is 0 Å². The predicted octanol–water partition coefficient (Wildman–Crippen LogP) is 1.36. The van der Waals surface area contributed by atoms with Crippen molar-refractivity contribution in [2.45, 2.75) is 32.1 Å². The predicted molar refractivity (Wildman–Crippen MR) is 91.2 cm³/mol. The number of nitrogens with zero attached hydrogens (tertiary/aromatic N) is 2. The van der Waals surface area contributed by atoms with Crippen LogP contribution in [0.2, 0.25) is 0 Å². The number of benzene rings is 1. The van der Waals surface area contributed by atoms with Gasteiger partial charge < -0.3 is 10.0 Å². The Labute approximate surface area is 141 Å². The number of phenolic OH excluding ortho intramolecular Hbond substituents is 1. The zero-order valence-corrected chi connectivity index (χ0v) is 14.0. The minimum Gasteiger partial charge on any atom is -0.507 e. The molecule has 0 saturated carbocycles. The third-order valence-corrected chi connectivity index (χ3v) is 3.36. The van der Waals surface area contributed by atoms with Crippen molar-refractivity contribution in [3.8, 4) is 5.75 Å². The number of aromatic hydroxyl groups is 1. The van der Waals surface area contributed by atoms with Crippen molar-refractivity contribution in [2.24, 2.45) is 5.10 Å². The quantitative estimate of drug-likeness (QED) is 0.235. The molecule has 0 radical (unpaired) electrons. The van der Waals surface area contributed by atoms with Crippen molar-refractivity contribution in [2.75, 3.05) is 19.0 Å². The first-order valence-electron chi connectivity index (χ1n) is 7.69. The van der Waals surface area contributed by atoms with Crippen molar-refractivity contribution in [3.63, 3.8) is 0 Å². The van der Waals surface area contributed by atoms with Gasteiger partial charge in [0.25, 0.3) is 0 Å². The van der Waals surface area contributed by atoms with E-state index in [1.807, 2.05) is 25.1 Å². The van der Waals surface area contributed by atoms with Gasteiger partial charge in [0.15, 0.2) is 0 Å². The molecule has 0 aliphatic heterocycles. The van der Waals surface area contributed by atoms with E-state index in [-0.39, 0.29) is 18.1 Å². The second-order valence-corrected chi connectivity index (χ2v) is 5.53. The van der Waals surface area contributed by atoms with Crippen LogP contribution in [-0.4, -0.2) is 42.4 Å². The van der Waals surface area contributed by atoms with Crippen LogP contribution in [0.4, 0.5) is 5.69 Å². The molecular weight excluding hydrogens is 312 g/mol. The van der Waals surface area contributed by atoms with Crippen LogP contribution in [0.1, 0.15) is 37.7 Å². The van der Waals surface area contributed by atoms with Gasteiger partial charge in [-0.05, 0) is 25.0 Å². The molecule has 0 heterocycles. The molecule has 2 amide bonds. The number of unbranched alkanes of at least 4 members (excludes halogenated alkanes) is 2. The molecule has 24 heavy (non-hydrogen) atoms. The molecule has 132 valence electrons. The van der Waals surface area contributed by atoms with Gasteiger partial charge in [-0.3, -0.25) is 14.8 Å². The fourth-order valence-corrected chi connectivity index (χ4v) is 1.95. The lowest BCUT2D eigenvalue weighted by atomic mass is 10.1. The van der Waals surface area contributed by atoms with Crippen LogP contribution in [0.25, 0.3) is 0 Å². The maximum Gasteiger partial charge on any atom is 0.243 e. The standard InChI is InChI=1S/C16H24N4O4/c1-20(2)13-9-8-12(14(21)10-13)11-17-18-15(22)6-4-3-5-7-16(23)19-24/h8-11,21,24H,3-7H2,1-2H3,(H,18,22)(H,19,23)/b17-11+. The Morgan fingerprint density at radius 3 is 2.42 bits per heavy atom. The second kappa shape index (κ2) is 10.2. The fourth-order valence-electron chi connectivity index (χ4n) is 1.95. The molecule has 0 saturated heterocycles.